The van der Waals surface area contributed by atoms with E-state index in [1.165, 1.54) is 0 Å². The molecule has 4 rings (SSSR count). The van der Waals surface area contributed by atoms with E-state index < -0.39 is 0 Å². The molecule has 1 N–H and O–H groups in total. The van der Waals surface area contributed by atoms with Crippen LogP contribution in [0.3, 0.4) is 0 Å². The standard InChI is InChI=1S/C21H18N4O2/c1-2-16-12-24-21(25-20(16)27-18-13-26-14-18)23-11-15-6-8-17(9-7-15)19-5-3-4-10-22-19/h1,3-10,12,18H,11,13-14H2,(H,23,24,25). The van der Waals surface area contributed by atoms with Gasteiger partial charge in [-0.2, -0.15) is 4.98 Å². The van der Waals surface area contributed by atoms with Gasteiger partial charge in [-0.05, 0) is 17.7 Å². The van der Waals surface area contributed by atoms with E-state index in [2.05, 4.69) is 38.3 Å². The van der Waals surface area contributed by atoms with Gasteiger partial charge >= 0.3 is 0 Å². The van der Waals surface area contributed by atoms with E-state index in [0.717, 1.165) is 16.8 Å². The Morgan fingerprint density at radius 1 is 1.15 bits per heavy atom. The highest BCUT2D eigenvalue weighted by Gasteiger charge is 2.22. The Bertz CT molecular complexity index is 948. The van der Waals surface area contributed by atoms with Crippen LogP contribution in [0.5, 0.6) is 5.88 Å². The first kappa shape index (κ1) is 17.0. The number of rotatable bonds is 6. The molecule has 1 aromatic carbocycles. The highest BCUT2D eigenvalue weighted by Crippen LogP contribution is 2.20. The molecule has 0 bridgehead atoms. The average molecular weight is 358 g/mol. The van der Waals surface area contributed by atoms with Crippen LogP contribution >= 0.6 is 0 Å². The molecule has 1 aliphatic rings. The minimum atomic E-state index is -0.000935. The third kappa shape index (κ3) is 4.05. The molecule has 6 nitrogen and oxygen atoms in total. The van der Waals surface area contributed by atoms with Gasteiger partial charge in [0.25, 0.3) is 0 Å². The number of ether oxygens (including phenoxy) is 2. The van der Waals surface area contributed by atoms with Crippen molar-refractivity contribution in [3.8, 4) is 29.5 Å². The van der Waals surface area contributed by atoms with Crippen LogP contribution < -0.4 is 10.1 Å². The fourth-order valence-electron chi connectivity index (χ4n) is 2.59. The van der Waals surface area contributed by atoms with Crippen molar-refractivity contribution >= 4 is 5.95 Å². The van der Waals surface area contributed by atoms with Crippen LogP contribution in [0.4, 0.5) is 5.95 Å². The lowest BCUT2D eigenvalue weighted by Crippen LogP contribution is -2.39. The van der Waals surface area contributed by atoms with Crippen molar-refractivity contribution in [1.82, 2.24) is 15.0 Å². The predicted octanol–water partition coefficient (Wildman–Crippen LogP) is 2.91. The summed E-state index contributed by atoms with van der Waals surface area (Å²) >= 11 is 0. The van der Waals surface area contributed by atoms with Crippen LogP contribution in [0.1, 0.15) is 11.1 Å². The maximum Gasteiger partial charge on any atom is 0.234 e. The molecule has 3 heterocycles. The predicted molar refractivity (Wildman–Crippen MR) is 102 cm³/mol. The van der Waals surface area contributed by atoms with Crippen LogP contribution in [0.2, 0.25) is 0 Å². The number of aromatic nitrogens is 3. The van der Waals surface area contributed by atoms with Gasteiger partial charge in [0.15, 0.2) is 0 Å². The monoisotopic (exact) mass is 358 g/mol. The zero-order valence-electron chi connectivity index (χ0n) is 14.6. The average Bonchev–Trinajstić information content (AvgIpc) is 2.70. The molecule has 134 valence electrons. The van der Waals surface area contributed by atoms with Gasteiger partial charge in [-0.1, -0.05) is 36.3 Å². The van der Waals surface area contributed by atoms with E-state index in [-0.39, 0.29) is 6.10 Å². The van der Waals surface area contributed by atoms with Crippen molar-refractivity contribution in [1.29, 1.82) is 0 Å². The Morgan fingerprint density at radius 3 is 2.67 bits per heavy atom. The summed E-state index contributed by atoms with van der Waals surface area (Å²) in [5.74, 6) is 3.43. The Hall–Kier alpha value is -3.43. The van der Waals surface area contributed by atoms with Crippen molar-refractivity contribution in [2.24, 2.45) is 0 Å². The summed E-state index contributed by atoms with van der Waals surface area (Å²) in [6, 6.07) is 14.1. The Morgan fingerprint density at radius 2 is 2.00 bits per heavy atom. The van der Waals surface area contributed by atoms with Gasteiger partial charge in [-0.3, -0.25) is 4.98 Å². The number of hydrogen-bond acceptors (Lipinski definition) is 6. The van der Waals surface area contributed by atoms with Crippen molar-refractivity contribution in [2.45, 2.75) is 12.6 Å². The highest BCUT2D eigenvalue weighted by molar-refractivity contribution is 5.59. The fraction of sp³-hybridized carbons (Fsp3) is 0.190. The molecule has 6 heteroatoms. The summed E-state index contributed by atoms with van der Waals surface area (Å²) in [5, 5.41) is 3.20. The summed E-state index contributed by atoms with van der Waals surface area (Å²) in [5.41, 5.74) is 3.67. The lowest BCUT2D eigenvalue weighted by atomic mass is 10.1. The molecule has 0 amide bonds. The van der Waals surface area contributed by atoms with Gasteiger partial charge in [-0.15, -0.1) is 6.42 Å². The number of hydrogen-bond donors (Lipinski definition) is 1. The first-order valence-electron chi connectivity index (χ1n) is 8.64. The molecular formula is C21H18N4O2. The topological polar surface area (TPSA) is 69.2 Å². The number of terminal acetylenes is 1. The van der Waals surface area contributed by atoms with E-state index in [4.69, 9.17) is 15.9 Å². The van der Waals surface area contributed by atoms with Gasteiger partial charge in [0.05, 0.1) is 25.1 Å². The largest absolute Gasteiger partial charge is 0.468 e. The number of nitrogens with zero attached hydrogens (tertiary/aromatic N) is 3. The summed E-state index contributed by atoms with van der Waals surface area (Å²) < 4.78 is 10.9. The summed E-state index contributed by atoms with van der Waals surface area (Å²) in [4.78, 5) is 13.0. The molecule has 1 fully saturated rings. The van der Waals surface area contributed by atoms with E-state index >= 15 is 0 Å². The van der Waals surface area contributed by atoms with Crippen LogP contribution in [0, 0.1) is 12.3 Å². The Kier molecular flexibility index (Phi) is 4.95. The van der Waals surface area contributed by atoms with Gasteiger partial charge in [-0.25, -0.2) is 4.98 Å². The molecule has 1 saturated heterocycles. The number of nitrogens with one attached hydrogen (secondary N) is 1. The van der Waals surface area contributed by atoms with Crippen molar-refractivity contribution in [3.63, 3.8) is 0 Å². The first-order chi connectivity index (χ1) is 13.3. The zero-order chi connectivity index (χ0) is 18.5. The molecule has 0 saturated carbocycles. The minimum absolute atomic E-state index is 0.000935. The van der Waals surface area contributed by atoms with Gasteiger partial charge < -0.3 is 14.8 Å². The molecule has 0 spiro atoms. The Labute approximate surface area is 157 Å². The third-order valence-electron chi connectivity index (χ3n) is 4.16. The van der Waals surface area contributed by atoms with Gasteiger partial charge in [0.1, 0.15) is 11.7 Å². The van der Waals surface area contributed by atoms with E-state index in [1.807, 2.05) is 30.3 Å². The quantitative estimate of drug-likeness (QED) is 0.684. The molecule has 27 heavy (non-hydrogen) atoms. The van der Waals surface area contributed by atoms with E-state index in [0.29, 0.717) is 37.2 Å². The maximum atomic E-state index is 5.76. The number of benzene rings is 1. The minimum Gasteiger partial charge on any atom is -0.468 e. The summed E-state index contributed by atoms with van der Waals surface area (Å²) in [6.07, 6.45) is 8.88. The molecular weight excluding hydrogens is 340 g/mol. The van der Waals surface area contributed by atoms with Crippen LogP contribution in [0.15, 0.2) is 54.9 Å². The molecule has 2 aromatic heterocycles. The second-order valence-corrected chi connectivity index (χ2v) is 6.10. The van der Waals surface area contributed by atoms with E-state index in [9.17, 15) is 0 Å². The smallest absolute Gasteiger partial charge is 0.234 e. The van der Waals surface area contributed by atoms with Crippen LogP contribution in [-0.4, -0.2) is 34.3 Å². The van der Waals surface area contributed by atoms with Crippen LogP contribution in [0.25, 0.3) is 11.3 Å². The normalized spacial score (nSPS) is 13.4. The summed E-state index contributed by atoms with van der Waals surface area (Å²) in [7, 11) is 0. The summed E-state index contributed by atoms with van der Waals surface area (Å²) in [6.45, 7) is 1.70. The maximum absolute atomic E-state index is 5.76. The fourth-order valence-corrected chi connectivity index (χ4v) is 2.59. The molecule has 1 aliphatic heterocycles. The number of pyridine rings is 1. The van der Waals surface area contributed by atoms with E-state index in [1.54, 1.807) is 12.4 Å². The highest BCUT2D eigenvalue weighted by atomic mass is 16.6. The van der Waals surface area contributed by atoms with Crippen molar-refractivity contribution in [2.75, 3.05) is 18.5 Å². The molecule has 0 unspecified atom stereocenters. The Balaban J connectivity index is 1.42. The SMILES string of the molecule is C#Cc1cnc(NCc2ccc(-c3ccccn3)cc2)nc1OC1COC1. The second-order valence-electron chi connectivity index (χ2n) is 6.10. The zero-order valence-corrected chi connectivity index (χ0v) is 14.6. The van der Waals surface area contributed by atoms with Crippen LogP contribution in [-0.2, 0) is 11.3 Å². The van der Waals surface area contributed by atoms with Crippen molar-refractivity contribution < 1.29 is 9.47 Å². The molecule has 0 aliphatic carbocycles. The van der Waals surface area contributed by atoms with Gasteiger partial charge in [0.2, 0.25) is 11.8 Å². The van der Waals surface area contributed by atoms with Gasteiger partial charge in [0, 0.05) is 18.3 Å². The number of anilines is 1. The second kappa shape index (κ2) is 7.85. The lowest BCUT2D eigenvalue weighted by Gasteiger charge is -2.26. The molecule has 3 aromatic rings. The molecule has 0 radical (unpaired) electrons. The third-order valence-corrected chi connectivity index (χ3v) is 4.16. The molecule has 0 atom stereocenters. The van der Waals surface area contributed by atoms with Crippen molar-refractivity contribution in [3.05, 3.63) is 66.0 Å². The first-order valence-corrected chi connectivity index (χ1v) is 8.64. The lowest BCUT2D eigenvalue weighted by molar-refractivity contribution is -0.0814.